The molecule has 0 atom stereocenters. The third-order valence-electron chi connectivity index (χ3n) is 3.49. The molecule has 0 aliphatic carbocycles. The first kappa shape index (κ1) is 9.91. The van der Waals surface area contributed by atoms with Gasteiger partial charge in [0.15, 0.2) is 0 Å². The van der Waals surface area contributed by atoms with E-state index in [1.54, 1.807) is 0 Å². The maximum atomic E-state index is 8.83. The van der Waals surface area contributed by atoms with Crippen molar-refractivity contribution in [3.63, 3.8) is 0 Å². The highest BCUT2D eigenvalue weighted by Crippen LogP contribution is 2.25. The number of hydrogen-bond donors (Lipinski definition) is 1. The predicted molar refractivity (Wildman–Crippen MR) is 54.9 cm³/mol. The molecule has 4 heteroatoms. The van der Waals surface area contributed by atoms with Gasteiger partial charge in [-0.05, 0) is 7.05 Å². The summed E-state index contributed by atoms with van der Waals surface area (Å²) in [6.45, 7) is 6.47. The van der Waals surface area contributed by atoms with Gasteiger partial charge < -0.3 is 10.2 Å². The topological polar surface area (TPSA) is 42.3 Å². The summed E-state index contributed by atoms with van der Waals surface area (Å²) in [7, 11) is 2.16. The lowest BCUT2D eigenvalue weighted by Gasteiger charge is -2.52. The van der Waals surface area contributed by atoms with Gasteiger partial charge in [-0.3, -0.25) is 4.90 Å². The molecule has 1 N–H and O–H groups in total. The summed E-state index contributed by atoms with van der Waals surface area (Å²) in [4.78, 5) is 4.84. The monoisotopic (exact) mass is 194 g/mol. The van der Waals surface area contributed by atoms with Crippen LogP contribution in [0, 0.1) is 11.3 Å². The third kappa shape index (κ3) is 1.63. The summed E-state index contributed by atoms with van der Waals surface area (Å²) in [5, 5.41) is 12.1. The molecule has 2 fully saturated rings. The first-order valence-electron chi connectivity index (χ1n) is 5.28. The average molecular weight is 194 g/mol. The minimum Gasteiger partial charge on any atom is -0.313 e. The van der Waals surface area contributed by atoms with Crippen molar-refractivity contribution in [3.8, 4) is 6.07 Å². The van der Waals surface area contributed by atoms with E-state index in [1.165, 1.54) is 0 Å². The number of likely N-dealkylation sites (N-methyl/N-ethyl adjacent to an activating group) is 1. The van der Waals surface area contributed by atoms with E-state index in [9.17, 15) is 0 Å². The van der Waals surface area contributed by atoms with E-state index < -0.39 is 0 Å². The predicted octanol–water partition coefficient (Wildman–Crippen LogP) is -0.511. The van der Waals surface area contributed by atoms with E-state index in [0.717, 1.165) is 39.3 Å². The van der Waals surface area contributed by atoms with Gasteiger partial charge in [0.05, 0.1) is 18.0 Å². The van der Waals surface area contributed by atoms with Crippen molar-refractivity contribution in [1.82, 2.24) is 15.1 Å². The highest BCUT2D eigenvalue weighted by Gasteiger charge is 2.42. The number of piperazine rings is 1. The van der Waals surface area contributed by atoms with Gasteiger partial charge in [-0.25, -0.2) is 0 Å². The van der Waals surface area contributed by atoms with E-state index >= 15 is 0 Å². The quantitative estimate of drug-likeness (QED) is 0.643. The highest BCUT2D eigenvalue weighted by molar-refractivity contribution is 5.07. The fraction of sp³-hybridized carbons (Fsp3) is 0.900. The Morgan fingerprint density at radius 2 is 1.93 bits per heavy atom. The van der Waals surface area contributed by atoms with E-state index in [0.29, 0.717) is 6.42 Å². The Morgan fingerprint density at radius 3 is 2.36 bits per heavy atom. The molecule has 78 valence electrons. The van der Waals surface area contributed by atoms with Gasteiger partial charge in [0.1, 0.15) is 0 Å². The Hall–Kier alpha value is -0.630. The zero-order valence-electron chi connectivity index (χ0n) is 8.79. The average Bonchev–Trinajstić information content (AvgIpc) is 2.13. The fourth-order valence-corrected chi connectivity index (χ4v) is 2.30. The molecule has 0 bridgehead atoms. The number of rotatable bonds is 2. The lowest BCUT2D eigenvalue weighted by Crippen LogP contribution is -2.71. The van der Waals surface area contributed by atoms with E-state index in [1.807, 2.05) is 0 Å². The number of nitrogens with zero attached hydrogens (tertiary/aromatic N) is 3. The van der Waals surface area contributed by atoms with Crippen molar-refractivity contribution in [2.75, 3.05) is 46.3 Å². The van der Waals surface area contributed by atoms with Crippen molar-refractivity contribution < 1.29 is 0 Å². The molecule has 0 aromatic carbocycles. The molecule has 0 radical (unpaired) electrons. The minimum absolute atomic E-state index is 0.163. The Morgan fingerprint density at radius 1 is 1.29 bits per heavy atom. The van der Waals surface area contributed by atoms with Crippen LogP contribution < -0.4 is 5.32 Å². The van der Waals surface area contributed by atoms with Gasteiger partial charge in [-0.15, -0.1) is 0 Å². The summed E-state index contributed by atoms with van der Waals surface area (Å²) < 4.78 is 0. The second-order valence-electron chi connectivity index (χ2n) is 4.45. The van der Waals surface area contributed by atoms with Crippen LogP contribution in [0.2, 0.25) is 0 Å². The second kappa shape index (κ2) is 3.85. The fourth-order valence-electron chi connectivity index (χ4n) is 2.30. The smallest absolute Gasteiger partial charge is 0.0642 e. The SMILES string of the molecule is CN1CCN(C2(CC#N)CNC2)CC1. The largest absolute Gasteiger partial charge is 0.313 e. The van der Waals surface area contributed by atoms with Crippen molar-refractivity contribution >= 4 is 0 Å². The third-order valence-corrected chi connectivity index (χ3v) is 3.49. The van der Waals surface area contributed by atoms with Crippen LogP contribution in [0.25, 0.3) is 0 Å². The van der Waals surface area contributed by atoms with Crippen LogP contribution in [0.4, 0.5) is 0 Å². The van der Waals surface area contributed by atoms with Crippen LogP contribution in [-0.4, -0.2) is 61.7 Å². The summed E-state index contributed by atoms with van der Waals surface area (Å²) in [6, 6.07) is 2.32. The molecule has 0 aromatic rings. The molecule has 2 rings (SSSR count). The first-order valence-corrected chi connectivity index (χ1v) is 5.28. The van der Waals surface area contributed by atoms with Gasteiger partial charge in [0, 0.05) is 39.3 Å². The number of nitriles is 1. The van der Waals surface area contributed by atoms with Crippen LogP contribution in [0.5, 0.6) is 0 Å². The Labute approximate surface area is 85.5 Å². The van der Waals surface area contributed by atoms with E-state index in [4.69, 9.17) is 5.26 Å². The zero-order chi connectivity index (χ0) is 10.0. The molecular formula is C10H18N4. The Kier molecular flexibility index (Phi) is 2.73. The Bertz CT molecular complexity index is 233. The summed E-state index contributed by atoms with van der Waals surface area (Å²) in [5.41, 5.74) is 0.163. The molecule has 4 nitrogen and oxygen atoms in total. The van der Waals surface area contributed by atoms with Gasteiger partial charge >= 0.3 is 0 Å². The highest BCUT2D eigenvalue weighted by atomic mass is 15.3. The van der Waals surface area contributed by atoms with E-state index in [-0.39, 0.29) is 5.54 Å². The van der Waals surface area contributed by atoms with Crippen LogP contribution in [0.3, 0.4) is 0 Å². The molecule has 2 aliphatic rings. The van der Waals surface area contributed by atoms with Gasteiger partial charge in [0.25, 0.3) is 0 Å². The summed E-state index contributed by atoms with van der Waals surface area (Å²) in [6.07, 6.45) is 0.670. The van der Waals surface area contributed by atoms with Crippen molar-refractivity contribution in [2.24, 2.45) is 0 Å². The molecule has 0 amide bonds. The molecule has 0 unspecified atom stereocenters. The van der Waals surface area contributed by atoms with E-state index in [2.05, 4.69) is 28.2 Å². The molecule has 0 saturated carbocycles. The van der Waals surface area contributed by atoms with Crippen LogP contribution >= 0.6 is 0 Å². The minimum atomic E-state index is 0.163. The molecular weight excluding hydrogens is 176 g/mol. The zero-order valence-corrected chi connectivity index (χ0v) is 8.79. The number of nitrogens with one attached hydrogen (secondary N) is 1. The van der Waals surface area contributed by atoms with Crippen molar-refractivity contribution in [3.05, 3.63) is 0 Å². The standard InChI is InChI=1S/C10H18N4/c1-13-4-6-14(7-5-13)10(2-3-11)8-12-9-10/h12H,2,4-9H2,1H3. The van der Waals surface area contributed by atoms with Gasteiger partial charge in [-0.2, -0.15) is 5.26 Å². The lowest BCUT2D eigenvalue weighted by atomic mass is 9.86. The van der Waals surface area contributed by atoms with Crippen LogP contribution in [0.15, 0.2) is 0 Å². The molecule has 14 heavy (non-hydrogen) atoms. The van der Waals surface area contributed by atoms with Gasteiger partial charge in [0.2, 0.25) is 0 Å². The second-order valence-corrected chi connectivity index (χ2v) is 4.45. The van der Waals surface area contributed by atoms with Gasteiger partial charge in [-0.1, -0.05) is 0 Å². The summed E-state index contributed by atoms with van der Waals surface area (Å²) >= 11 is 0. The lowest BCUT2D eigenvalue weighted by molar-refractivity contribution is 0.00671. The molecule has 2 saturated heterocycles. The van der Waals surface area contributed by atoms with Crippen molar-refractivity contribution in [1.29, 1.82) is 5.26 Å². The van der Waals surface area contributed by atoms with Crippen LogP contribution in [0.1, 0.15) is 6.42 Å². The molecule has 2 heterocycles. The maximum Gasteiger partial charge on any atom is 0.0642 e. The normalized spacial score (nSPS) is 28.0. The molecule has 0 aromatic heterocycles. The van der Waals surface area contributed by atoms with Crippen LogP contribution in [-0.2, 0) is 0 Å². The first-order chi connectivity index (χ1) is 6.77. The molecule has 0 spiro atoms. The maximum absolute atomic E-state index is 8.83. The van der Waals surface area contributed by atoms with Crippen molar-refractivity contribution in [2.45, 2.75) is 12.0 Å². The molecule has 2 aliphatic heterocycles. The Balaban J connectivity index is 1.96. The summed E-state index contributed by atoms with van der Waals surface area (Å²) in [5.74, 6) is 0. The number of hydrogen-bond acceptors (Lipinski definition) is 4.